The van der Waals surface area contributed by atoms with E-state index in [0.29, 0.717) is 5.56 Å². The summed E-state index contributed by atoms with van der Waals surface area (Å²) in [6.45, 7) is 1.18. The lowest BCUT2D eigenvalue weighted by atomic mass is 10.0. The molecule has 3 aromatic rings. The van der Waals surface area contributed by atoms with Crippen molar-refractivity contribution in [1.82, 2.24) is 20.9 Å². The van der Waals surface area contributed by atoms with Crippen molar-refractivity contribution in [3.8, 4) is 0 Å². The molecule has 3 amide bonds. The Hall–Kier alpha value is -4.75. The Morgan fingerprint density at radius 2 is 1.44 bits per heavy atom. The van der Waals surface area contributed by atoms with Crippen molar-refractivity contribution in [2.45, 2.75) is 56.5 Å². The molecule has 0 fully saturated rings. The SMILES string of the molecule is CC(O)C(NC(=O)C(Cc1c[nH]c2ccccc12)NC(=O)C(CC(=O)O)NC(=O)C(N)Cc1ccccc1)C(=O)O. The predicted molar refractivity (Wildman–Crippen MR) is 147 cm³/mol. The van der Waals surface area contributed by atoms with Gasteiger partial charge in [-0.2, -0.15) is 0 Å². The topological polar surface area (TPSA) is 224 Å². The molecular formula is C28H33N5O8. The number of para-hydroxylation sites is 1. The van der Waals surface area contributed by atoms with Crippen LogP contribution >= 0.6 is 0 Å². The van der Waals surface area contributed by atoms with Gasteiger partial charge in [-0.05, 0) is 30.5 Å². The second kappa shape index (κ2) is 14.1. The van der Waals surface area contributed by atoms with Gasteiger partial charge in [0.25, 0.3) is 0 Å². The zero-order valence-corrected chi connectivity index (χ0v) is 22.2. The van der Waals surface area contributed by atoms with Crippen LogP contribution < -0.4 is 21.7 Å². The maximum atomic E-state index is 13.3. The Morgan fingerprint density at radius 3 is 2.07 bits per heavy atom. The fourth-order valence-electron chi connectivity index (χ4n) is 4.27. The summed E-state index contributed by atoms with van der Waals surface area (Å²) in [6, 6.07) is 10.3. The summed E-state index contributed by atoms with van der Waals surface area (Å²) in [6.07, 6.45) is -0.613. The quantitative estimate of drug-likeness (QED) is 0.128. The molecule has 0 saturated carbocycles. The maximum Gasteiger partial charge on any atom is 0.328 e. The van der Waals surface area contributed by atoms with E-state index in [1.807, 2.05) is 0 Å². The molecule has 13 nitrogen and oxygen atoms in total. The van der Waals surface area contributed by atoms with Crippen LogP contribution in [0, 0.1) is 0 Å². The van der Waals surface area contributed by atoms with Crippen LogP contribution in [0.5, 0.6) is 0 Å². The van der Waals surface area contributed by atoms with Crippen LogP contribution in [0.2, 0.25) is 0 Å². The third kappa shape index (κ3) is 8.62. The van der Waals surface area contributed by atoms with E-state index in [9.17, 15) is 39.3 Å². The number of hydrogen-bond donors (Lipinski definition) is 8. The lowest BCUT2D eigenvalue weighted by molar-refractivity contribution is -0.145. The summed E-state index contributed by atoms with van der Waals surface area (Å²) in [5, 5.41) is 36.4. The third-order valence-electron chi connectivity index (χ3n) is 6.43. The fourth-order valence-corrected chi connectivity index (χ4v) is 4.27. The number of aliphatic hydroxyl groups excluding tert-OH is 1. The molecule has 0 aliphatic rings. The van der Waals surface area contributed by atoms with Crippen LogP contribution in [0.1, 0.15) is 24.5 Å². The Labute approximate surface area is 235 Å². The van der Waals surface area contributed by atoms with Gasteiger partial charge in [-0.3, -0.25) is 19.2 Å². The van der Waals surface area contributed by atoms with Gasteiger partial charge in [0.1, 0.15) is 12.1 Å². The summed E-state index contributed by atoms with van der Waals surface area (Å²) < 4.78 is 0. The molecule has 0 saturated heterocycles. The van der Waals surface area contributed by atoms with E-state index in [4.69, 9.17) is 5.73 Å². The molecule has 5 unspecified atom stereocenters. The summed E-state index contributed by atoms with van der Waals surface area (Å²) in [7, 11) is 0. The molecule has 218 valence electrons. The van der Waals surface area contributed by atoms with Crippen LogP contribution in [0.25, 0.3) is 10.9 Å². The number of aliphatic hydroxyl groups is 1. The molecular weight excluding hydrogens is 534 g/mol. The van der Waals surface area contributed by atoms with Crippen LogP contribution in [0.4, 0.5) is 0 Å². The number of aliphatic carboxylic acids is 2. The van der Waals surface area contributed by atoms with Gasteiger partial charge < -0.3 is 42.0 Å². The normalized spacial score (nSPS) is 14.7. The van der Waals surface area contributed by atoms with Crippen LogP contribution in [-0.4, -0.2) is 80.2 Å². The van der Waals surface area contributed by atoms with Crippen LogP contribution in [0.15, 0.2) is 60.8 Å². The lowest BCUT2D eigenvalue weighted by Crippen LogP contribution is -2.59. The number of carboxylic acids is 2. The van der Waals surface area contributed by atoms with Gasteiger partial charge >= 0.3 is 11.9 Å². The minimum absolute atomic E-state index is 0.116. The summed E-state index contributed by atoms with van der Waals surface area (Å²) >= 11 is 0. The van der Waals surface area contributed by atoms with E-state index >= 15 is 0 Å². The Morgan fingerprint density at radius 1 is 0.829 bits per heavy atom. The number of amides is 3. The smallest absolute Gasteiger partial charge is 0.328 e. The molecule has 3 rings (SSSR count). The first-order chi connectivity index (χ1) is 19.5. The van der Waals surface area contributed by atoms with Crippen molar-refractivity contribution in [3.63, 3.8) is 0 Å². The molecule has 1 heterocycles. The van der Waals surface area contributed by atoms with Crippen molar-refractivity contribution < 1.29 is 39.3 Å². The van der Waals surface area contributed by atoms with Gasteiger partial charge in [-0.1, -0.05) is 48.5 Å². The first kappa shape index (κ1) is 30.8. The number of nitrogens with one attached hydrogen (secondary N) is 4. The highest BCUT2D eigenvalue weighted by Gasteiger charge is 2.33. The van der Waals surface area contributed by atoms with E-state index in [-0.39, 0.29) is 12.8 Å². The standard InChI is InChI=1S/C28H33N5O8/c1-15(34)24(28(40)41)33-27(39)21(12-17-14-30-20-10-6-5-9-18(17)20)32-26(38)22(13-23(35)36)31-25(37)19(29)11-16-7-3-2-4-8-16/h2-10,14-15,19,21-22,24,30,34H,11-13,29H2,1H3,(H,31,37)(H,32,38)(H,33,39)(H,35,36)(H,40,41). The number of aromatic nitrogens is 1. The van der Waals surface area contributed by atoms with Crippen LogP contribution in [0.3, 0.4) is 0 Å². The zero-order valence-electron chi connectivity index (χ0n) is 22.2. The molecule has 41 heavy (non-hydrogen) atoms. The number of carbonyl (C=O) groups excluding carboxylic acids is 3. The summed E-state index contributed by atoms with van der Waals surface area (Å²) in [5.41, 5.74) is 8.11. The average molecular weight is 568 g/mol. The van der Waals surface area contributed by atoms with Crippen molar-refractivity contribution in [1.29, 1.82) is 0 Å². The number of rotatable bonds is 14. The minimum atomic E-state index is -1.67. The van der Waals surface area contributed by atoms with Gasteiger partial charge in [-0.15, -0.1) is 0 Å². The van der Waals surface area contributed by atoms with Crippen LogP contribution in [-0.2, 0) is 36.8 Å². The number of fused-ring (bicyclic) bond motifs is 1. The van der Waals surface area contributed by atoms with Gasteiger partial charge in [0.15, 0.2) is 6.04 Å². The minimum Gasteiger partial charge on any atom is -0.481 e. The van der Waals surface area contributed by atoms with Crippen molar-refractivity contribution in [3.05, 3.63) is 71.9 Å². The number of nitrogens with two attached hydrogens (primary N) is 1. The number of H-pyrrole nitrogens is 1. The molecule has 0 aliphatic heterocycles. The maximum absolute atomic E-state index is 13.3. The highest BCUT2D eigenvalue weighted by Crippen LogP contribution is 2.19. The molecule has 0 spiro atoms. The Balaban J connectivity index is 1.82. The molecule has 2 aromatic carbocycles. The second-order valence-corrected chi connectivity index (χ2v) is 9.65. The number of carboxylic acid groups (broad SMARTS) is 2. The molecule has 1 aromatic heterocycles. The van der Waals surface area contributed by atoms with Gasteiger partial charge in [0.05, 0.1) is 18.6 Å². The average Bonchev–Trinajstić information content (AvgIpc) is 3.33. The molecule has 13 heteroatoms. The Kier molecular flexibility index (Phi) is 10.6. The van der Waals surface area contributed by atoms with E-state index in [0.717, 1.165) is 16.5 Å². The van der Waals surface area contributed by atoms with E-state index in [1.165, 1.54) is 6.92 Å². The van der Waals surface area contributed by atoms with Gasteiger partial charge in [0.2, 0.25) is 17.7 Å². The summed E-state index contributed by atoms with van der Waals surface area (Å²) in [5.74, 6) is -5.57. The number of benzene rings is 2. The highest BCUT2D eigenvalue weighted by atomic mass is 16.4. The zero-order chi connectivity index (χ0) is 30.1. The summed E-state index contributed by atoms with van der Waals surface area (Å²) in [4.78, 5) is 65.4. The largest absolute Gasteiger partial charge is 0.481 e. The van der Waals surface area contributed by atoms with Crippen molar-refractivity contribution >= 4 is 40.6 Å². The number of carbonyl (C=O) groups is 5. The monoisotopic (exact) mass is 567 g/mol. The van der Waals surface area contributed by atoms with Crippen molar-refractivity contribution in [2.24, 2.45) is 5.73 Å². The Bertz CT molecular complexity index is 1390. The fraction of sp³-hybridized carbons (Fsp3) is 0.321. The third-order valence-corrected chi connectivity index (χ3v) is 6.43. The molecule has 9 N–H and O–H groups in total. The van der Waals surface area contributed by atoms with Gasteiger partial charge in [-0.25, -0.2) is 4.79 Å². The first-order valence-electron chi connectivity index (χ1n) is 12.8. The highest BCUT2D eigenvalue weighted by molar-refractivity contribution is 5.96. The number of aromatic amines is 1. The van der Waals surface area contributed by atoms with E-state index in [2.05, 4.69) is 20.9 Å². The number of hydrogen-bond acceptors (Lipinski definition) is 7. The molecule has 5 atom stereocenters. The second-order valence-electron chi connectivity index (χ2n) is 9.65. The van der Waals surface area contributed by atoms with Crippen molar-refractivity contribution in [2.75, 3.05) is 0 Å². The van der Waals surface area contributed by atoms with E-state index < -0.39 is 66.4 Å². The predicted octanol–water partition coefficient (Wildman–Crippen LogP) is -0.325. The molecule has 0 radical (unpaired) electrons. The molecule has 0 aliphatic carbocycles. The van der Waals surface area contributed by atoms with E-state index in [1.54, 1.807) is 60.8 Å². The first-order valence-corrected chi connectivity index (χ1v) is 12.8. The van der Waals surface area contributed by atoms with Gasteiger partial charge in [0, 0.05) is 23.5 Å². The molecule has 0 bridgehead atoms. The lowest BCUT2D eigenvalue weighted by Gasteiger charge is -2.25.